The molecule has 2 heterocycles. The summed E-state index contributed by atoms with van der Waals surface area (Å²) in [6.07, 6.45) is 1.54. The number of pyridine rings is 2. The maximum atomic E-state index is 13.7. The van der Waals surface area contributed by atoms with Gasteiger partial charge in [-0.3, -0.25) is 4.79 Å². The highest BCUT2D eigenvalue weighted by atomic mass is 35.5. The van der Waals surface area contributed by atoms with Crippen molar-refractivity contribution in [2.75, 3.05) is 5.32 Å². The Bertz CT molecular complexity index is 1220. The number of halogens is 3. The minimum absolute atomic E-state index is 0.265. The Morgan fingerprint density at radius 1 is 1.11 bits per heavy atom. The van der Waals surface area contributed by atoms with Gasteiger partial charge in [0.1, 0.15) is 11.6 Å². The lowest BCUT2D eigenvalue weighted by atomic mass is 10.1. The molecule has 0 aliphatic heterocycles. The van der Waals surface area contributed by atoms with E-state index in [0.717, 1.165) is 5.56 Å². The molecule has 2 aromatic heterocycles. The molecule has 7 heteroatoms. The smallest absolute Gasteiger partial charge is 0.256 e. The first kappa shape index (κ1) is 17.8. The van der Waals surface area contributed by atoms with E-state index in [-0.39, 0.29) is 11.6 Å². The van der Waals surface area contributed by atoms with Gasteiger partial charge >= 0.3 is 0 Å². The zero-order valence-corrected chi connectivity index (χ0v) is 15.7. The molecule has 0 aliphatic rings. The van der Waals surface area contributed by atoms with Crippen LogP contribution < -0.4 is 10.9 Å². The van der Waals surface area contributed by atoms with Crippen LogP contribution in [-0.2, 0) is 0 Å². The van der Waals surface area contributed by atoms with Crippen LogP contribution in [0.25, 0.3) is 21.7 Å². The number of benzene rings is 2. The molecule has 2 aromatic carbocycles. The lowest BCUT2D eigenvalue weighted by Gasteiger charge is -2.19. The van der Waals surface area contributed by atoms with Crippen molar-refractivity contribution in [2.45, 2.75) is 13.0 Å². The number of H-pyrrole nitrogens is 1. The second-order valence-electron chi connectivity index (χ2n) is 6.22. The molecule has 27 heavy (non-hydrogen) atoms. The Balaban J connectivity index is 1.92. The van der Waals surface area contributed by atoms with Crippen LogP contribution in [0.5, 0.6) is 0 Å². The van der Waals surface area contributed by atoms with Crippen molar-refractivity contribution in [3.63, 3.8) is 0 Å². The number of nitrogens with zero attached hydrogens (tertiary/aromatic N) is 1. The van der Waals surface area contributed by atoms with E-state index in [4.69, 9.17) is 23.2 Å². The van der Waals surface area contributed by atoms with Gasteiger partial charge in [0.15, 0.2) is 0 Å². The quantitative estimate of drug-likeness (QED) is 0.433. The Hall–Kier alpha value is -2.63. The summed E-state index contributed by atoms with van der Waals surface area (Å²) < 4.78 is 13.7. The van der Waals surface area contributed by atoms with Crippen molar-refractivity contribution in [2.24, 2.45) is 0 Å². The molecule has 1 atom stereocenters. The van der Waals surface area contributed by atoms with Crippen LogP contribution in [0.3, 0.4) is 0 Å². The van der Waals surface area contributed by atoms with Crippen LogP contribution in [0.15, 0.2) is 53.5 Å². The van der Waals surface area contributed by atoms with Crippen LogP contribution in [0.4, 0.5) is 10.2 Å². The number of fused-ring (bicyclic) bond motifs is 3. The number of hydrogen-bond acceptors (Lipinski definition) is 3. The van der Waals surface area contributed by atoms with E-state index >= 15 is 0 Å². The first-order chi connectivity index (χ1) is 13.0. The molecule has 0 saturated heterocycles. The van der Waals surface area contributed by atoms with Gasteiger partial charge in [0.25, 0.3) is 5.56 Å². The summed E-state index contributed by atoms with van der Waals surface area (Å²) in [7, 11) is 0. The van der Waals surface area contributed by atoms with Crippen LogP contribution in [0.1, 0.15) is 18.5 Å². The predicted molar refractivity (Wildman–Crippen MR) is 108 cm³/mol. The van der Waals surface area contributed by atoms with Gasteiger partial charge in [-0.15, -0.1) is 0 Å². The second-order valence-corrected chi connectivity index (χ2v) is 7.03. The van der Waals surface area contributed by atoms with Crippen molar-refractivity contribution >= 4 is 50.7 Å². The molecular weight excluding hydrogens is 388 g/mol. The average Bonchev–Trinajstić information content (AvgIpc) is 2.62. The summed E-state index contributed by atoms with van der Waals surface area (Å²) in [5.74, 6) is 0.0736. The van der Waals surface area contributed by atoms with E-state index in [0.29, 0.717) is 37.5 Å². The molecular formula is C20H14Cl2FN3O. The van der Waals surface area contributed by atoms with Gasteiger partial charge in [-0.2, -0.15) is 0 Å². The largest absolute Gasteiger partial charge is 0.363 e. The van der Waals surface area contributed by atoms with Crippen LogP contribution in [-0.4, -0.2) is 9.97 Å². The lowest BCUT2D eigenvalue weighted by Crippen LogP contribution is -2.12. The van der Waals surface area contributed by atoms with Crippen molar-refractivity contribution in [1.82, 2.24) is 9.97 Å². The summed E-state index contributed by atoms with van der Waals surface area (Å²) in [5.41, 5.74) is 0.942. The maximum absolute atomic E-state index is 13.7. The van der Waals surface area contributed by atoms with Crippen molar-refractivity contribution in [3.05, 3.63) is 80.4 Å². The number of nitrogens with one attached hydrogen (secondary N) is 2. The summed E-state index contributed by atoms with van der Waals surface area (Å²) in [4.78, 5) is 19.7. The molecule has 0 unspecified atom stereocenters. The Morgan fingerprint density at radius 3 is 2.59 bits per heavy atom. The van der Waals surface area contributed by atoms with Gasteiger partial charge in [0.05, 0.1) is 16.9 Å². The van der Waals surface area contributed by atoms with E-state index in [1.165, 1.54) is 18.3 Å². The SMILES string of the molecule is C[C@@H](Nc1nc2ccc(F)cc2c2c(=O)[nH]ccc12)c1c(Cl)cccc1Cl. The highest BCUT2D eigenvalue weighted by Gasteiger charge is 2.17. The first-order valence-electron chi connectivity index (χ1n) is 8.27. The highest BCUT2D eigenvalue weighted by Crippen LogP contribution is 2.34. The van der Waals surface area contributed by atoms with Crippen LogP contribution >= 0.6 is 23.2 Å². The van der Waals surface area contributed by atoms with Gasteiger partial charge < -0.3 is 10.3 Å². The van der Waals surface area contributed by atoms with Gasteiger partial charge in [-0.1, -0.05) is 29.3 Å². The molecule has 2 N–H and O–H groups in total. The molecule has 4 aromatic rings. The Kier molecular flexibility index (Phi) is 4.50. The first-order valence-corrected chi connectivity index (χ1v) is 9.02. The molecule has 0 radical (unpaired) electrons. The Labute approximate surface area is 164 Å². The molecule has 0 fully saturated rings. The molecule has 0 saturated carbocycles. The third-order valence-corrected chi connectivity index (χ3v) is 5.12. The van der Waals surface area contributed by atoms with E-state index in [1.807, 2.05) is 6.92 Å². The topological polar surface area (TPSA) is 57.8 Å². The van der Waals surface area contributed by atoms with Crippen molar-refractivity contribution < 1.29 is 4.39 Å². The number of rotatable bonds is 3. The normalized spacial score (nSPS) is 12.4. The molecule has 0 aliphatic carbocycles. The third-order valence-electron chi connectivity index (χ3n) is 4.46. The lowest BCUT2D eigenvalue weighted by molar-refractivity contribution is 0.629. The zero-order chi connectivity index (χ0) is 19.1. The van der Waals surface area contributed by atoms with Crippen LogP contribution in [0, 0.1) is 5.82 Å². The van der Waals surface area contributed by atoms with Crippen LogP contribution in [0.2, 0.25) is 10.0 Å². The number of hydrogen-bond donors (Lipinski definition) is 2. The summed E-state index contributed by atoms with van der Waals surface area (Å²) in [6, 6.07) is 11.0. The standard InChI is InChI=1S/C20H14Cl2FN3O/c1-10(17-14(21)3-2-4-15(17)22)25-19-12-7-8-24-20(27)18(12)13-9-11(23)5-6-16(13)26-19/h2-10H,1H3,(H,24,27)(H,25,26)/t10-/m1/s1. The molecule has 4 nitrogen and oxygen atoms in total. The average molecular weight is 402 g/mol. The molecule has 0 spiro atoms. The third kappa shape index (κ3) is 3.13. The van der Waals surface area contributed by atoms with E-state index in [1.54, 1.807) is 30.3 Å². The second kappa shape index (κ2) is 6.83. The molecule has 4 rings (SSSR count). The van der Waals surface area contributed by atoms with Gasteiger partial charge in [0, 0.05) is 32.6 Å². The number of aromatic amines is 1. The monoisotopic (exact) mass is 401 g/mol. The fourth-order valence-corrected chi connectivity index (χ4v) is 3.97. The minimum atomic E-state index is -0.425. The van der Waals surface area contributed by atoms with Gasteiger partial charge in [0.2, 0.25) is 0 Å². The molecule has 0 amide bonds. The molecule has 0 bridgehead atoms. The Morgan fingerprint density at radius 2 is 1.85 bits per heavy atom. The number of anilines is 1. The fraction of sp³-hybridized carbons (Fsp3) is 0.100. The summed E-state index contributed by atoms with van der Waals surface area (Å²) >= 11 is 12.6. The van der Waals surface area contributed by atoms with Gasteiger partial charge in [-0.25, -0.2) is 9.37 Å². The highest BCUT2D eigenvalue weighted by molar-refractivity contribution is 6.36. The summed E-state index contributed by atoms with van der Waals surface area (Å²) in [5, 5.41) is 5.79. The summed E-state index contributed by atoms with van der Waals surface area (Å²) in [6.45, 7) is 1.91. The fourth-order valence-electron chi connectivity index (χ4n) is 3.24. The van der Waals surface area contributed by atoms with E-state index < -0.39 is 5.82 Å². The maximum Gasteiger partial charge on any atom is 0.256 e. The van der Waals surface area contributed by atoms with Crippen molar-refractivity contribution in [1.29, 1.82) is 0 Å². The van der Waals surface area contributed by atoms with Gasteiger partial charge in [-0.05, 0) is 43.3 Å². The number of aromatic nitrogens is 2. The van der Waals surface area contributed by atoms with E-state index in [9.17, 15) is 9.18 Å². The predicted octanol–water partition coefficient (Wildman–Crippen LogP) is 5.70. The zero-order valence-electron chi connectivity index (χ0n) is 14.2. The minimum Gasteiger partial charge on any atom is -0.363 e. The van der Waals surface area contributed by atoms with Crippen molar-refractivity contribution in [3.8, 4) is 0 Å². The molecule has 136 valence electrons. The van der Waals surface area contributed by atoms with E-state index in [2.05, 4.69) is 15.3 Å².